The number of ether oxygens (including phenoxy) is 1. The number of fused-ring (bicyclic) bond motifs is 1. The Balaban J connectivity index is 0.000000247. The highest BCUT2D eigenvalue weighted by Crippen LogP contribution is 2.32. The largest absolute Gasteiger partial charge is 0.482 e. The fourth-order valence-corrected chi connectivity index (χ4v) is 4.18. The zero-order valence-electron chi connectivity index (χ0n) is 32.4. The molecule has 4 amide bonds. The van der Waals surface area contributed by atoms with Crippen molar-refractivity contribution in [3.8, 4) is 5.75 Å². The van der Waals surface area contributed by atoms with Crippen molar-refractivity contribution in [3.05, 3.63) is 59.3 Å². The van der Waals surface area contributed by atoms with Gasteiger partial charge in [0.25, 0.3) is 23.6 Å². The van der Waals surface area contributed by atoms with Crippen LogP contribution in [0.1, 0.15) is 101 Å². The molecule has 3 aromatic rings. The van der Waals surface area contributed by atoms with E-state index in [2.05, 4.69) is 15.3 Å². The van der Waals surface area contributed by atoms with E-state index >= 15 is 0 Å². The molecule has 17 heteroatoms. The molecular weight excluding hydrogens is 704 g/mol. The summed E-state index contributed by atoms with van der Waals surface area (Å²) in [4.78, 5) is 61.6. The highest BCUT2D eigenvalue weighted by Gasteiger charge is 2.34. The van der Waals surface area contributed by atoms with Crippen LogP contribution in [0.2, 0.25) is 0 Å². The molecule has 13 nitrogen and oxygen atoms in total. The number of hydrogen-bond donors (Lipinski definition) is 0. The monoisotopic (exact) mass is 752 g/mol. The van der Waals surface area contributed by atoms with Crippen molar-refractivity contribution in [1.29, 1.82) is 0 Å². The van der Waals surface area contributed by atoms with Crippen molar-refractivity contribution in [2.45, 2.75) is 125 Å². The minimum Gasteiger partial charge on any atom is -0.482 e. The van der Waals surface area contributed by atoms with Crippen LogP contribution in [-0.2, 0) is 24.0 Å². The number of amides is 4. The minimum atomic E-state index is -1.72. The topological polar surface area (TPSA) is 146 Å². The van der Waals surface area contributed by atoms with E-state index in [4.69, 9.17) is 14.4 Å². The van der Waals surface area contributed by atoms with Crippen molar-refractivity contribution in [2.24, 2.45) is 0 Å². The second kappa shape index (κ2) is 16.8. The van der Waals surface area contributed by atoms with Crippen molar-refractivity contribution in [1.82, 2.24) is 30.1 Å². The van der Waals surface area contributed by atoms with E-state index in [1.54, 1.807) is 47.7 Å². The van der Waals surface area contributed by atoms with Crippen LogP contribution in [0.15, 0.2) is 30.5 Å². The first-order chi connectivity index (χ1) is 24.0. The van der Waals surface area contributed by atoms with Gasteiger partial charge >= 0.3 is 0 Å². The highest BCUT2D eigenvalue weighted by molar-refractivity contribution is 6.13. The lowest BCUT2D eigenvalue weighted by molar-refractivity contribution is -0.218. The van der Waals surface area contributed by atoms with Gasteiger partial charge in [0.2, 0.25) is 11.5 Å². The average Bonchev–Trinajstić information content (AvgIpc) is 3.68. The molecule has 0 bridgehead atoms. The molecule has 0 atom stereocenters. The molecule has 53 heavy (non-hydrogen) atoms. The van der Waals surface area contributed by atoms with Crippen LogP contribution in [0, 0.1) is 30.2 Å². The molecular formula is C36H48F4N6O7. The third kappa shape index (κ3) is 12.9. The Morgan fingerprint density at radius 2 is 1.19 bits per heavy atom. The molecule has 0 unspecified atom stereocenters. The SMILES string of the molecule is CC(C)(C)N1C(=O)C=CC1=O.CC(C)(C)ON1C(=O)CCC1=O.CC(C)(C)On1nnc2cccnc21.Cc1c(F)c(F)c(F)c(OC(C)(C)C)c1F. The second-order valence-corrected chi connectivity index (χ2v) is 15.7. The van der Waals surface area contributed by atoms with Gasteiger partial charge in [-0.3, -0.25) is 28.9 Å². The summed E-state index contributed by atoms with van der Waals surface area (Å²) >= 11 is 0. The summed E-state index contributed by atoms with van der Waals surface area (Å²) in [5, 5.41) is 8.67. The predicted molar refractivity (Wildman–Crippen MR) is 186 cm³/mol. The Bertz CT molecular complexity index is 1790. The lowest BCUT2D eigenvalue weighted by Gasteiger charge is -2.29. The van der Waals surface area contributed by atoms with Crippen LogP contribution in [0.3, 0.4) is 0 Å². The summed E-state index contributed by atoms with van der Waals surface area (Å²) in [5.41, 5.74) is -1.33. The summed E-state index contributed by atoms with van der Waals surface area (Å²) in [7, 11) is 0. The number of halogens is 4. The zero-order chi connectivity index (χ0) is 40.9. The van der Waals surface area contributed by atoms with Crippen LogP contribution in [0.4, 0.5) is 17.6 Å². The Hall–Kier alpha value is -4.93. The van der Waals surface area contributed by atoms with Crippen molar-refractivity contribution >= 4 is 34.8 Å². The van der Waals surface area contributed by atoms with Crippen molar-refractivity contribution < 1.29 is 51.2 Å². The van der Waals surface area contributed by atoms with Crippen molar-refractivity contribution in [3.63, 3.8) is 0 Å². The summed E-state index contributed by atoms with van der Waals surface area (Å²) < 4.78 is 57.6. The van der Waals surface area contributed by atoms with Crippen LogP contribution in [0.25, 0.3) is 11.2 Å². The fourth-order valence-electron chi connectivity index (χ4n) is 4.18. The Labute approximate surface area is 306 Å². The van der Waals surface area contributed by atoms with E-state index in [1.807, 2.05) is 53.7 Å². The van der Waals surface area contributed by atoms with Crippen LogP contribution in [0.5, 0.6) is 5.75 Å². The van der Waals surface area contributed by atoms with E-state index in [1.165, 1.54) is 21.9 Å². The first-order valence-corrected chi connectivity index (χ1v) is 16.5. The van der Waals surface area contributed by atoms with Gasteiger partial charge < -0.3 is 9.57 Å². The van der Waals surface area contributed by atoms with Gasteiger partial charge in [0, 0.05) is 42.3 Å². The number of nitrogens with zero attached hydrogens (tertiary/aromatic N) is 6. The molecule has 2 aliphatic rings. The van der Waals surface area contributed by atoms with Gasteiger partial charge in [-0.05, 0) is 107 Å². The van der Waals surface area contributed by atoms with Crippen LogP contribution < -0.4 is 9.57 Å². The smallest absolute Gasteiger partial charge is 0.254 e. The summed E-state index contributed by atoms with van der Waals surface area (Å²) in [6.45, 7) is 22.4. The van der Waals surface area contributed by atoms with Crippen LogP contribution >= 0.6 is 0 Å². The minimum absolute atomic E-state index is 0.220. The third-order valence-corrected chi connectivity index (χ3v) is 6.24. The Kier molecular flexibility index (Phi) is 14.0. The number of pyridine rings is 1. The number of imide groups is 2. The molecule has 5 rings (SSSR count). The number of benzene rings is 1. The van der Waals surface area contributed by atoms with E-state index < -0.39 is 51.3 Å². The predicted octanol–water partition coefficient (Wildman–Crippen LogP) is 6.36. The molecule has 0 saturated carbocycles. The molecule has 2 aromatic heterocycles. The first kappa shape index (κ1) is 44.2. The maximum atomic E-state index is 13.5. The molecule has 1 aromatic carbocycles. The van der Waals surface area contributed by atoms with Gasteiger partial charge in [-0.25, -0.2) is 18.2 Å². The molecule has 1 fully saturated rings. The Morgan fingerprint density at radius 1 is 0.679 bits per heavy atom. The Morgan fingerprint density at radius 3 is 1.62 bits per heavy atom. The second-order valence-electron chi connectivity index (χ2n) is 15.7. The molecule has 0 N–H and O–H groups in total. The standard InChI is InChI=1S/C11H12F4O.C9H12N4O.C8H13NO3.C8H11NO2/c1-5-6(12)8(14)9(15)10(7(5)13)16-11(2,3)4;1-9(2,3)14-13-8-7(11-12-13)5-4-6-10-8;1-8(2,3)12-9-6(10)4-5-7(9)11;1-8(2,3)9-6(10)4-5-7(9)11/h1-4H3;4-6H,1-3H3;4-5H2,1-3H3;4-5H,1-3H3. The normalized spacial score (nSPS) is 14.8. The summed E-state index contributed by atoms with van der Waals surface area (Å²) in [6, 6.07) is 3.66. The molecule has 2 aliphatic heterocycles. The summed E-state index contributed by atoms with van der Waals surface area (Å²) in [6.07, 6.45) is 4.83. The van der Waals surface area contributed by atoms with Gasteiger partial charge in [-0.15, -0.1) is 5.10 Å². The van der Waals surface area contributed by atoms with E-state index in [-0.39, 0.29) is 42.1 Å². The molecule has 292 valence electrons. The molecule has 1 saturated heterocycles. The van der Waals surface area contributed by atoms with E-state index in [9.17, 15) is 36.7 Å². The number of hydroxylamine groups is 2. The van der Waals surface area contributed by atoms with Crippen molar-refractivity contribution in [2.75, 3.05) is 0 Å². The third-order valence-electron chi connectivity index (χ3n) is 6.24. The lowest BCUT2D eigenvalue weighted by Crippen LogP contribution is -2.45. The van der Waals surface area contributed by atoms with Crippen LogP contribution in [-0.4, -0.2) is 76.1 Å². The van der Waals surface area contributed by atoms with Gasteiger partial charge in [0.1, 0.15) is 16.7 Å². The average molecular weight is 753 g/mol. The van der Waals surface area contributed by atoms with Gasteiger partial charge in [0.15, 0.2) is 23.2 Å². The van der Waals surface area contributed by atoms with Gasteiger partial charge in [0.05, 0.1) is 5.60 Å². The number of carbonyl (C=O) groups excluding carboxylic acids is 4. The quantitative estimate of drug-likeness (QED) is 0.128. The molecule has 0 aliphatic carbocycles. The molecule has 0 spiro atoms. The maximum Gasteiger partial charge on any atom is 0.254 e. The highest BCUT2D eigenvalue weighted by atomic mass is 19.2. The first-order valence-electron chi connectivity index (χ1n) is 16.5. The molecule has 4 heterocycles. The van der Waals surface area contributed by atoms with Gasteiger partial charge in [-0.2, -0.15) is 9.45 Å². The number of hydrogen-bond acceptors (Lipinski definition) is 10. The fraction of sp³-hybridized carbons (Fsp3) is 0.528. The summed E-state index contributed by atoms with van der Waals surface area (Å²) in [5.74, 6) is -7.92. The van der Waals surface area contributed by atoms with E-state index in [0.29, 0.717) is 5.65 Å². The zero-order valence-corrected chi connectivity index (χ0v) is 32.4. The number of carbonyl (C=O) groups is 4. The molecule has 0 radical (unpaired) electrons. The van der Waals surface area contributed by atoms with E-state index in [0.717, 1.165) is 17.5 Å². The lowest BCUT2D eigenvalue weighted by atomic mass is 10.1. The maximum absolute atomic E-state index is 13.5. The number of rotatable bonds is 3. The number of aromatic nitrogens is 4. The van der Waals surface area contributed by atoms with Gasteiger partial charge in [-0.1, -0.05) is 4.85 Å².